The van der Waals surface area contributed by atoms with Crippen molar-refractivity contribution in [1.82, 2.24) is 58.6 Å². The minimum absolute atomic E-state index is 0.0289. The lowest BCUT2D eigenvalue weighted by molar-refractivity contribution is -0.160. The molecule has 6 aromatic rings. The maximum absolute atomic E-state index is 12.0. The summed E-state index contributed by atoms with van der Waals surface area (Å²) in [5.41, 5.74) is 16.4. The third-order valence-corrected chi connectivity index (χ3v) is 10.7. The second-order valence-corrected chi connectivity index (χ2v) is 17.1. The molecule has 0 spiro atoms. The number of fused-ring (bicyclic) bond motifs is 3. The number of imidazole rings is 3. The molecule has 5 atom stereocenters. The molecule has 0 aromatic carbocycles. The molecule has 31 nitrogen and oxygen atoms in total. The monoisotopic (exact) mass is 1050 g/mol. The highest BCUT2D eigenvalue weighted by Crippen LogP contribution is 2.15. The average molecular weight is 1050 g/mol. The van der Waals surface area contributed by atoms with Crippen LogP contribution >= 0.6 is 0 Å². The van der Waals surface area contributed by atoms with E-state index in [1.807, 2.05) is 27.7 Å². The first-order valence-electron chi connectivity index (χ1n) is 22.8. The first-order chi connectivity index (χ1) is 35.0. The molecule has 6 heterocycles. The smallest absolute Gasteiger partial charge is 0.309 e. The Labute approximate surface area is 420 Å². The van der Waals surface area contributed by atoms with E-state index in [9.17, 15) is 38.7 Å². The molecular formula is C43H63N15O16. The van der Waals surface area contributed by atoms with Crippen LogP contribution in [0.4, 0.5) is 17.8 Å². The van der Waals surface area contributed by atoms with Gasteiger partial charge in [0.15, 0.2) is 33.5 Å². The van der Waals surface area contributed by atoms with Gasteiger partial charge in [-0.2, -0.15) is 15.0 Å². The number of nitrogens with two attached hydrogens (primary N) is 3. The van der Waals surface area contributed by atoms with E-state index in [2.05, 4.69) is 44.9 Å². The van der Waals surface area contributed by atoms with Crippen LogP contribution in [0.25, 0.3) is 33.5 Å². The number of nitrogens with zero attached hydrogens (tertiary/aromatic N) is 9. The predicted octanol–water partition coefficient (Wildman–Crippen LogP) is -1.09. The number of ether oxygens (including phenoxy) is 7. The minimum Gasteiger partial charge on any atom is -0.463 e. The fourth-order valence-corrected chi connectivity index (χ4v) is 5.78. The van der Waals surface area contributed by atoms with Crippen molar-refractivity contribution < 1.29 is 62.5 Å². The molecule has 0 amide bonds. The van der Waals surface area contributed by atoms with Gasteiger partial charge in [-0.15, -0.1) is 0 Å². The largest absolute Gasteiger partial charge is 0.463 e. The first-order valence-corrected chi connectivity index (χ1v) is 22.8. The fourth-order valence-electron chi connectivity index (χ4n) is 5.78. The number of nitrogen functional groups attached to an aromatic ring is 3. The lowest BCUT2D eigenvalue weighted by Crippen LogP contribution is -2.31. The highest BCUT2D eigenvalue weighted by atomic mass is 16.6. The molecule has 0 fully saturated rings. The molecule has 3 unspecified atom stereocenters. The summed E-state index contributed by atoms with van der Waals surface area (Å²) >= 11 is 0. The summed E-state index contributed by atoms with van der Waals surface area (Å²) in [5, 5.41) is 18.5. The summed E-state index contributed by atoms with van der Waals surface area (Å²) in [6, 6.07) is 0. The normalized spacial score (nSPS) is 13.4. The van der Waals surface area contributed by atoms with Gasteiger partial charge in [-0.05, 0) is 11.8 Å². The molecule has 74 heavy (non-hydrogen) atoms. The van der Waals surface area contributed by atoms with Crippen LogP contribution < -0.4 is 33.9 Å². The fraction of sp³-hybridized carbons (Fsp3) is 0.558. The summed E-state index contributed by atoms with van der Waals surface area (Å²) in [7, 11) is 0. The average Bonchev–Trinajstić information content (AvgIpc) is 4.08. The zero-order chi connectivity index (χ0) is 54.8. The van der Waals surface area contributed by atoms with E-state index in [1.165, 1.54) is 46.5 Å². The zero-order valence-corrected chi connectivity index (χ0v) is 42.0. The van der Waals surface area contributed by atoms with Gasteiger partial charge in [0.2, 0.25) is 17.8 Å². The molecule has 406 valence electrons. The van der Waals surface area contributed by atoms with E-state index in [4.69, 9.17) is 55.5 Å². The molecule has 0 saturated carbocycles. The molecule has 6 rings (SSSR count). The molecule has 0 aliphatic carbocycles. The number of carbonyl (C=O) groups excluding carboxylic acids is 4. The number of hydrogen-bond acceptors (Lipinski definition) is 25. The number of aliphatic hydroxyl groups excluding tert-OH is 2. The van der Waals surface area contributed by atoms with Crippen molar-refractivity contribution >= 4 is 75.2 Å². The third-order valence-electron chi connectivity index (χ3n) is 10.7. The van der Waals surface area contributed by atoms with E-state index >= 15 is 0 Å². The van der Waals surface area contributed by atoms with Crippen molar-refractivity contribution in [3.8, 4) is 0 Å². The Morgan fingerprint density at radius 2 is 0.797 bits per heavy atom. The molecule has 0 radical (unpaired) electrons. The van der Waals surface area contributed by atoms with Crippen LogP contribution in [0.5, 0.6) is 0 Å². The van der Waals surface area contributed by atoms with Gasteiger partial charge in [-0.25, -0.2) is 15.0 Å². The van der Waals surface area contributed by atoms with Gasteiger partial charge in [0, 0.05) is 13.8 Å². The van der Waals surface area contributed by atoms with Crippen LogP contribution in [0.1, 0.15) is 55.4 Å². The Bertz CT molecular complexity index is 3000. The number of esters is 4. The number of aromatic nitrogens is 12. The van der Waals surface area contributed by atoms with E-state index < -0.39 is 46.9 Å². The number of H-pyrrole nitrogens is 3. The third kappa shape index (κ3) is 17.1. The number of carbonyl (C=O) groups is 4. The first kappa shape index (κ1) is 58.7. The van der Waals surface area contributed by atoms with Crippen molar-refractivity contribution in [3.05, 3.63) is 50.0 Å². The van der Waals surface area contributed by atoms with Crippen LogP contribution in [0.2, 0.25) is 0 Å². The Hall–Kier alpha value is -7.87. The van der Waals surface area contributed by atoms with E-state index in [0.29, 0.717) is 0 Å². The number of anilines is 3. The van der Waals surface area contributed by atoms with Crippen molar-refractivity contribution in [2.45, 2.75) is 93.9 Å². The standard InChI is InChI=1S/C17H25N5O6.C15H23N5O5.C11H15N5O5/c1-9(2)10(3)16(25)27-6-12(5-26-11(4)23)28-8-22-7-19-13-14(22)20-17(18)21-15(13)24;1-8(2)9(3)14(23)24-5-10(4-21)25-7-20-6-17-11-12(20)18-15(16)19-13(11)22;1-6(18)20-3-7(2-17)21-5-16-4-13-8-9(16)14-11(12)15-10(8)19/h7,9-10,12H,5-6,8H2,1-4H3,(H3,18,20,21,24);6,8-10,21H,4-5,7H2,1-3H3,(H3,16,18,19,22);4,7,17H,2-3,5H2,1H3,(H3,12,14,15,19)/t10-,12?;9-,10?;/m00./s1. The van der Waals surface area contributed by atoms with Crippen LogP contribution in [-0.2, 0) is 72.5 Å². The number of aliphatic hydroxyl groups is 2. The van der Waals surface area contributed by atoms with Gasteiger partial charge in [0.05, 0.1) is 44.0 Å². The van der Waals surface area contributed by atoms with Gasteiger partial charge >= 0.3 is 23.9 Å². The van der Waals surface area contributed by atoms with Crippen LogP contribution in [-0.4, -0.2) is 151 Å². The highest BCUT2D eigenvalue weighted by Gasteiger charge is 2.23. The van der Waals surface area contributed by atoms with Gasteiger partial charge in [0.1, 0.15) is 64.9 Å². The summed E-state index contributed by atoms with van der Waals surface area (Å²) in [6.07, 6.45) is 2.03. The minimum atomic E-state index is -0.708. The molecule has 11 N–H and O–H groups in total. The summed E-state index contributed by atoms with van der Waals surface area (Å²) in [5.74, 6) is -1.99. The van der Waals surface area contributed by atoms with E-state index in [-0.39, 0.29) is 147 Å². The predicted molar refractivity (Wildman–Crippen MR) is 260 cm³/mol. The van der Waals surface area contributed by atoms with Crippen LogP contribution in [0.3, 0.4) is 0 Å². The van der Waals surface area contributed by atoms with Gasteiger partial charge in [-0.1, -0.05) is 41.5 Å². The van der Waals surface area contributed by atoms with Gasteiger partial charge < -0.3 is 60.6 Å². The van der Waals surface area contributed by atoms with Crippen molar-refractivity contribution in [2.24, 2.45) is 23.7 Å². The summed E-state index contributed by atoms with van der Waals surface area (Å²) in [4.78, 5) is 112. The SMILES string of the molecule is CC(=O)OCC(CO)OCn1cnc2c(=O)[nH]c(N)nc21.CC(=O)OCC(COC(=O)[C@@H](C)C(C)C)OCn1cnc2c(=O)[nH]c(N)nc21.CC(C)[C@H](C)C(=O)OCC(CO)OCn1cnc2c(=O)[nH]c(N)nc21. The number of rotatable bonds is 23. The van der Waals surface area contributed by atoms with Crippen LogP contribution in [0, 0.1) is 23.7 Å². The lowest BCUT2D eigenvalue weighted by Gasteiger charge is -2.20. The second-order valence-electron chi connectivity index (χ2n) is 17.1. The molecule has 0 aliphatic rings. The molecule has 31 heteroatoms. The quantitative estimate of drug-likeness (QED) is 0.0279. The Kier molecular flexibility index (Phi) is 22.1. The molecule has 0 saturated heterocycles. The summed E-state index contributed by atoms with van der Waals surface area (Å²) in [6.45, 7) is 12.7. The molecule has 0 aliphatic heterocycles. The summed E-state index contributed by atoms with van der Waals surface area (Å²) < 4.78 is 41.2. The van der Waals surface area contributed by atoms with E-state index in [0.717, 1.165) is 0 Å². The number of nitrogens with one attached hydrogen (secondary N) is 3. The number of hydrogen-bond donors (Lipinski definition) is 8. The Balaban J connectivity index is 0.000000243. The Morgan fingerprint density at radius 3 is 1.09 bits per heavy atom. The highest BCUT2D eigenvalue weighted by molar-refractivity contribution is 5.73. The zero-order valence-electron chi connectivity index (χ0n) is 42.0. The molecular weight excluding hydrogens is 983 g/mol. The van der Waals surface area contributed by atoms with Gasteiger partial charge in [-0.3, -0.25) is 62.2 Å². The van der Waals surface area contributed by atoms with Crippen molar-refractivity contribution in [3.63, 3.8) is 0 Å². The van der Waals surface area contributed by atoms with E-state index in [1.54, 1.807) is 13.8 Å². The second kappa shape index (κ2) is 27.8. The molecule has 6 aromatic heterocycles. The Morgan fingerprint density at radius 1 is 0.514 bits per heavy atom. The molecule has 0 bridgehead atoms. The maximum Gasteiger partial charge on any atom is 0.309 e. The van der Waals surface area contributed by atoms with Crippen molar-refractivity contribution in [1.29, 1.82) is 0 Å². The van der Waals surface area contributed by atoms with Crippen molar-refractivity contribution in [2.75, 3.05) is 56.8 Å². The maximum atomic E-state index is 12.0. The lowest BCUT2D eigenvalue weighted by atomic mass is 9.99. The number of aromatic amines is 3. The van der Waals surface area contributed by atoms with Crippen LogP contribution in [0.15, 0.2) is 33.4 Å². The topological polar surface area (TPSA) is 442 Å². The van der Waals surface area contributed by atoms with Gasteiger partial charge in [0.25, 0.3) is 16.7 Å².